The van der Waals surface area contributed by atoms with E-state index in [0.29, 0.717) is 5.88 Å². The van der Waals surface area contributed by atoms with Crippen LogP contribution in [0.5, 0.6) is 11.6 Å². The zero-order valence-corrected chi connectivity index (χ0v) is 12.6. The van der Waals surface area contributed by atoms with Crippen LogP contribution in [0.1, 0.15) is 22.5 Å². The number of aromatic nitrogens is 2. The highest BCUT2D eigenvalue weighted by Crippen LogP contribution is 2.31. The van der Waals surface area contributed by atoms with Crippen molar-refractivity contribution < 1.29 is 4.74 Å². The number of para-hydroxylation sites is 1. The molecule has 3 nitrogen and oxygen atoms in total. The third kappa shape index (κ3) is 2.99. The van der Waals surface area contributed by atoms with Crippen LogP contribution in [0.3, 0.4) is 0 Å². The van der Waals surface area contributed by atoms with Crippen molar-refractivity contribution in [3.63, 3.8) is 0 Å². The van der Waals surface area contributed by atoms with Crippen LogP contribution in [0, 0.1) is 0 Å². The van der Waals surface area contributed by atoms with E-state index in [-0.39, 0.29) is 0 Å². The van der Waals surface area contributed by atoms with Crippen LogP contribution in [0.4, 0.5) is 0 Å². The molecule has 0 bridgehead atoms. The van der Waals surface area contributed by atoms with Gasteiger partial charge in [0.1, 0.15) is 11.4 Å². The molecular weight excluding hydrogens is 284 g/mol. The molecule has 0 saturated heterocycles. The summed E-state index contributed by atoms with van der Waals surface area (Å²) in [6.07, 6.45) is 7.57. The van der Waals surface area contributed by atoms with Gasteiger partial charge in [0, 0.05) is 0 Å². The van der Waals surface area contributed by atoms with Gasteiger partial charge in [0.25, 0.3) is 0 Å². The summed E-state index contributed by atoms with van der Waals surface area (Å²) >= 11 is 0. The molecule has 112 valence electrons. The lowest BCUT2D eigenvalue weighted by atomic mass is 10.1. The Morgan fingerprint density at radius 3 is 2.61 bits per heavy atom. The first kappa shape index (κ1) is 13.7. The molecule has 0 spiro atoms. The number of ether oxygens (including phenoxy) is 1. The fourth-order valence-electron chi connectivity index (χ4n) is 2.66. The van der Waals surface area contributed by atoms with E-state index in [9.17, 15) is 0 Å². The molecule has 0 amide bonds. The zero-order chi connectivity index (χ0) is 15.5. The largest absolute Gasteiger partial charge is 0.437 e. The molecule has 0 N–H and O–H groups in total. The third-order valence-electron chi connectivity index (χ3n) is 3.89. The first-order valence-electron chi connectivity index (χ1n) is 7.73. The van der Waals surface area contributed by atoms with E-state index < -0.39 is 0 Å². The summed E-state index contributed by atoms with van der Waals surface area (Å²) in [5, 5.41) is 0. The highest BCUT2D eigenvalue weighted by atomic mass is 16.5. The molecule has 0 fully saturated rings. The van der Waals surface area contributed by atoms with Crippen LogP contribution in [0.15, 0.2) is 60.8 Å². The molecule has 0 unspecified atom stereocenters. The molecule has 23 heavy (non-hydrogen) atoms. The van der Waals surface area contributed by atoms with Crippen molar-refractivity contribution in [1.82, 2.24) is 9.97 Å². The average Bonchev–Trinajstić information content (AvgIpc) is 2.79. The number of benzene rings is 2. The Hall–Kier alpha value is -2.94. The molecular formula is C20H16N2O. The molecule has 2 aromatic carbocycles. The van der Waals surface area contributed by atoms with Gasteiger partial charge in [-0.15, -0.1) is 0 Å². The Morgan fingerprint density at radius 1 is 0.870 bits per heavy atom. The molecule has 1 aliphatic heterocycles. The maximum absolute atomic E-state index is 5.99. The Bertz CT molecular complexity index is 857. The second-order valence-corrected chi connectivity index (χ2v) is 5.50. The molecule has 0 radical (unpaired) electrons. The Morgan fingerprint density at radius 2 is 1.70 bits per heavy atom. The molecule has 1 aromatic heterocycles. The smallest absolute Gasteiger partial charge is 0.241 e. The summed E-state index contributed by atoms with van der Waals surface area (Å²) in [6, 6.07) is 18.2. The standard InChI is InChI=1S/C20H16N2O/c1-2-6-15(7-3-1)10-12-17-14-21-18-13-11-16-8-4-5-9-19(16)23-20(18)22-17/h1-10,12,14H,11,13H2/b12-10+. The van der Waals surface area contributed by atoms with Gasteiger partial charge in [0.2, 0.25) is 5.88 Å². The highest BCUT2D eigenvalue weighted by molar-refractivity contribution is 5.67. The highest BCUT2D eigenvalue weighted by Gasteiger charge is 2.16. The number of rotatable bonds is 2. The monoisotopic (exact) mass is 300 g/mol. The van der Waals surface area contributed by atoms with Gasteiger partial charge in [-0.3, -0.25) is 4.98 Å². The molecule has 1 aliphatic rings. The maximum Gasteiger partial charge on any atom is 0.241 e. The van der Waals surface area contributed by atoms with E-state index in [2.05, 4.69) is 28.2 Å². The van der Waals surface area contributed by atoms with Gasteiger partial charge < -0.3 is 4.74 Å². The second-order valence-electron chi connectivity index (χ2n) is 5.50. The average molecular weight is 300 g/mol. The van der Waals surface area contributed by atoms with Gasteiger partial charge >= 0.3 is 0 Å². The predicted molar refractivity (Wildman–Crippen MR) is 91.3 cm³/mol. The lowest BCUT2D eigenvalue weighted by molar-refractivity contribution is 0.455. The van der Waals surface area contributed by atoms with Gasteiger partial charge in [-0.1, -0.05) is 54.6 Å². The number of aryl methyl sites for hydroxylation is 2. The van der Waals surface area contributed by atoms with Crippen molar-refractivity contribution in [1.29, 1.82) is 0 Å². The van der Waals surface area contributed by atoms with Crippen LogP contribution >= 0.6 is 0 Å². The summed E-state index contributed by atoms with van der Waals surface area (Å²) < 4.78 is 5.99. The van der Waals surface area contributed by atoms with Gasteiger partial charge in [0.15, 0.2) is 0 Å². The SMILES string of the molecule is C(=C\c1cnc2c(n1)Oc1ccccc1CC2)/c1ccccc1. The number of nitrogens with zero attached hydrogens (tertiary/aromatic N) is 2. The van der Waals surface area contributed by atoms with Gasteiger partial charge in [0.05, 0.1) is 11.9 Å². The van der Waals surface area contributed by atoms with E-state index in [1.54, 1.807) is 6.20 Å². The van der Waals surface area contributed by atoms with Crippen molar-refractivity contribution in [2.24, 2.45) is 0 Å². The molecule has 3 aromatic rings. The maximum atomic E-state index is 5.99. The molecule has 3 heteroatoms. The van der Waals surface area contributed by atoms with Crippen LogP contribution in [-0.2, 0) is 12.8 Å². The predicted octanol–water partition coefficient (Wildman–Crippen LogP) is 4.54. The Labute approximate surface area is 135 Å². The van der Waals surface area contributed by atoms with Crippen LogP contribution in [-0.4, -0.2) is 9.97 Å². The Balaban J connectivity index is 1.64. The van der Waals surface area contributed by atoms with Crippen molar-refractivity contribution in [3.05, 3.63) is 83.3 Å². The van der Waals surface area contributed by atoms with Crippen LogP contribution in [0.2, 0.25) is 0 Å². The van der Waals surface area contributed by atoms with E-state index >= 15 is 0 Å². The van der Waals surface area contributed by atoms with Crippen LogP contribution in [0.25, 0.3) is 12.2 Å². The molecule has 4 rings (SSSR count). The minimum atomic E-state index is 0.616. The fourth-order valence-corrected chi connectivity index (χ4v) is 2.66. The topological polar surface area (TPSA) is 35.0 Å². The summed E-state index contributed by atoms with van der Waals surface area (Å²) in [7, 11) is 0. The Kier molecular flexibility index (Phi) is 3.60. The van der Waals surface area contributed by atoms with Gasteiger partial charge in [-0.2, -0.15) is 0 Å². The van der Waals surface area contributed by atoms with Crippen molar-refractivity contribution in [3.8, 4) is 11.6 Å². The summed E-state index contributed by atoms with van der Waals surface area (Å²) in [6.45, 7) is 0. The molecule has 2 heterocycles. The summed E-state index contributed by atoms with van der Waals surface area (Å²) in [5.41, 5.74) is 4.05. The summed E-state index contributed by atoms with van der Waals surface area (Å²) in [5.74, 6) is 1.50. The number of hydrogen-bond acceptors (Lipinski definition) is 3. The minimum absolute atomic E-state index is 0.616. The van der Waals surface area contributed by atoms with E-state index in [1.807, 2.05) is 48.6 Å². The lowest BCUT2D eigenvalue weighted by Gasteiger charge is -2.07. The van der Waals surface area contributed by atoms with E-state index in [0.717, 1.165) is 35.5 Å². The molecule has 0 saturated carbocycles. The first-order valence-corrected chi connectivity index (χ1v) is 7.73. The van der Waals surface area contributed by atoms with Crippen molar-refractivity contribution in [2.75, 3.05) is 0 Å². The quantitative estimate of drug-likeness (QED) is 0.697. The van der Waals surface area contributed by atoms with Crippen molar-refractivity contribution in [2.45, 2.75) is 12.8 Å². The number of fused-ring (bicyclic) bond motifs is 2. The van der Waals surface area contributed by atoms with Gasteiger partial charge in [-0.05, 0) is 36.1 Å². The third-order valence-corrected chi connectivity index (χ3v) is 3.89. The number of hydrogen-bond donors (Lipinski definition) is 0. The lowest BCUT2D eigenvalue weighted by Crippen LogP contribution is -1.97. The molecule has 0 atom stereocenters. The van der Waals surface area contributed by atoms with E-state index in [1.165, 1.54) is 5.56 Å². The minimum Gasteiger partial charge on any atom is -0.437 e. The normalized spacial score (nSPS) is 13.0. The van der Waals surface area contributed by atoms with Crippen LogP contribution < -0.4 is 4.74 Å². The summed E-state index contributed by atoms with van der Waals surface area (Å²) in [4.78, 5) is 9.15. The fraction of sp³-hybridized carbons (Fsp3) is 0.100. The zero-order valence-electron chi connectivity index (χ0n) is 12.6. The first-order chi connectivity index (χ1) is 11.4. The van der Waals surface area contributed by atoms with Gasteiger partial charge in [-0.25, -0.2) is 4.98 Å². The van der Waals surface area contributed by atoms with Crippen molar-refractivity contribution >= 4 is 12.2 Å². The van der Waals surface area contributed by atoms with E-state index in [4.69, 9.17) is 4.74 Å². The molecule has 0 aliphatic carbocycles. The second kappa shape index (κ2) is 6.05.